The fourth-order valence-electron chi connectivity index (χ4n) is 7.64. The molecular formula is C37H36Cl2Zr. The van der Waals surface area contributed by atoms with E-state index in [1.54, 1.807) is 17.7 Å². The maximum Gasteiger partial charge on any atom is -1.00 e. The van der Waals surface area contributed by atoms with E-state index in [1.165, 1.54) is 50.1 Å². The molecule has 7 rings (SSSR count). The number of hydrogen-bond donors (Lipinski definition) is 0. The van der Waals surface area contributed by atoms with Gasteiger partial charge >= 0.3 is 237 Å². The smallest absolute Gasteiger partial charge is 1.00 e. The minimum atomic E-state index is -2.27. The maximum absolute atomic E-state index is 2.69. The molecule has 3 aromatic rings. The van der Waals surface area contributed by atoms with Gasteiger partial charge in [-0.15, -0.1) is 0 Å². The topological polar surface area (TPSA) is 0 Å². The summed E-state index contributed by atoms with van der Waals surface area (Å²) < 4.78 is 6.15. The molecule has 0 unspecified atom stereocenters. The van der Waals surface area contributed by atoms with Gasteiger partial charge in [0.05, 0.1) is 0 Å². The second kappa shape index (κ2) is 10.3. The predicted octanol–water partition coefficient (Wildman–Crippen LogP) is 3.30. The van der Waals surface area contributed by atoms with Gasteiger partial charge < -0.3 is 24.8 Å². The Balaban J connectivity index is 0.00000161. The molecule has 0 radical (unpaired) electrons. The van der Waals surface area contributed by atoms with Crippen LogP contribution < -0.4 is 24.8 Å². The van der Waals surface area contributed by atoms with Gasteiger partial charge in [0, 0.05) is 0 Å². The van der Waals surface area contributed by atoms with Crippen LogP contribution >= 0.6 is 0 Å². The molecule has 3 aromatic carbocycles. The third-order valence-corrected chi connectivity index (χ3v) is 17.4. The first-order chi connectivity index (χ1) is 18.1. The van der Waals surface area contributed by atoms with Crippen LogP contribution in [-0.4, -0.2) is 3.71 Å². The molecule has 40 heavy (non-hydrogen) atoms. The second-order valence-corrected chi connectivity index (χ2v) is 18.3. The van der Waals surface area contributed by atoms with Crippen molar-refractivity contribution < 1.29 is 46.1 Å². The van der Waals surface area contributed by atoms with Crippen LogP contribution in [0.5, 0.6) is 0 Å². The van der Waals surface area contributed by atoms with Crippen molar-refractivity contribution in [2.75, 3.05) is 0 Å². The van der Waals surface area contributed by atoms with E-state index in [9.17, 15) is 0 Å². The van der Waals surface area contributed by atoms with Crippen molar-refractivity contribution in [2.24, 2.45) is 0 Å². The summed E-state index contributed by atoms with van der Waals surface area (Å²) in [6, 6.07) is 21.2. The first-order valence-corrected chi connectivity index (χ1v) is 17.9. The summed E-state index contributed by atoms with van der Waals surface area (Å²) in [5.74, 6) is 0. The monoisotopic (exact) mass is 640 g/mol. The average Bonchev–Trinajstić information content (AvgIpc) is 3.62. The Hall–Kier alpha value is -2.05. The molecule has 0 aromatic heterocycles. The van der Waals surface area contributed by atoms with Crippen LogP contribution in [0.25, 0.3) is 22.3 Å². The Kier molecular flexibility index (Phi) is 7.61. The van der Waals surface area contributed by atoms with Crippen LogP contribution in [0.4, 0.5) is 0 Å². The zero-order valence-electron chi connectivity index (χ0n) is 24.3. The van der Waals surface area contributed by atoms with Crippen molar-refractivity contribution in [3.05, 3.63) is 124 Å². The van der Waals surface area contributed by atoms with Crippen LogP contribution in [0, 0.1) is 0 Å². The average molecular weight is 643 g/mol. The Bertz CT molecular complexity index is 1710. The Morgan fingerprint density at radius 3 is 2.08 bits per heavy atom. The molecule has 0 bridgehead atoms. The SMILES string of the molecule is CC1=CC(C)(C)c2cc3c(cc21)-c1cc2c(cc1C3)C(C)(C)[C]([Zr+2](=[CH]c1ccccc1)[C]1=CC=CC1)=C2C.[Cl-].[Cl-]. The van der Waals surface area contributed by atoms with E-state index in [0.717, 1.165) is 12.8 Å². The molecule has 0 saturated carbocycles. The molecule has 0 saturated heterocycles. The molecule has 0 amide bonds. The number of benzene rings is 3. The molecule has 0 fully saturated rings. The molecule has 202 valence electrons. The van der Waals surface area contributed by atoms with Crippen molar-refractivity contribution in [1.29, 1.82) is 0 Å². The van der Waals surface area contributed by atoms with Gasteiger partial charge in [0.25, 0.3) is 0 Å². The Labute approximate surface area is 260 Å². The Morgan fingerprint density at radius 2 is 1.43 bits per heavy atom. The summed E-state index contributed by atoms with van der Waals surface area (Å²) in [5.41, 5.74) is 16.5. The van der Waals surface area contributed by atoms with Crippen LogP contribution in [0.1, 0.15) is 86.9 Å². The first kappa shape index (κ1) is 29.4. The van der Waals surface area contributed by atoms with Gasteiger partial charge in [-0.1, -0.05) is 0 Å². The van der Waals surface area contributed by atoms with Crippen LogP contribution in [0.2, 0.25) is 0 Å². The van der Waals surface area contributed by atoms with Crippen LogP contribution in [-0.2, 0) is 38.5 Å². The van der Waals surface area contributed by atoms with Crippen molar-refractivity contribution >= 4 is 14.9 Å². The van der Waals surface area contributed by atoms with Gasteiger partial charge in [0.2, 0.25) is 0 Å². The molecule has 0 aliphatic heterocycles. The number of halogens is 2. The number of rotatable bonds is 3. The van der Waals surface area contributed by atoms with Crippen LogP contribution in [0.15, 0.2) is 85.5 Å². The third-order valence-electron chi connectivity index (χ3n) is 9.43. The van der Waals surface area contributed by atoms with Gasteiger partial charge in [-0.25, -0.2) is 0 Å². The number of fused-ring (bicyclic) bond motifs is 5. The van der Waals surface area contributed by atoms with E-state index >= 15 is 0 Å². The summed E-state index contributed by atoms with van der Waals surface area (Å²) in [5, 5.41) is 0. The molecule has 0 spiro atoms. The predicted molar refractivity (Wildman–Crippen MR) is 160 cm³/mol. The molecule has 4 aliphatic rings. The second-order valence-electron chi connectivity index (χ2n) is 12.8. The van der Waals surface area contributed by atoms with E-state index in [1.807, 2.05) is 0 Å². The van der Waals surface area contributed by atoms with Crippen molar-refractivity contribution in [2.45, 2.75) is 65.2 Å². The quantitative estimate of drug-likeness (QED) is 0.322. The normalized spacial score (nSPS) is 18.4. The number of allylic oxidation sites excluding steroid dienone is 8. The van der Waals surface area contributed by atoms with E-state index < -0.39 is 21.3 Å². The van der Waals surface area contributed by atoms with Gasteiger partial charge in [-0.05, 0) is 0 Å². The van der Waals surface area contributed by atoms with Gasteiger partial charge in [0.15, 0.2) is 0 Å². The standard InChI is InChI=1S/C25H25.C7H6.C5H5.2ClH.Zr/c1-14-12-24(3,4)22-8-16-7-17-9-23-19(15(2)13-25(23,5)6)11-21(17)20(16)10-18(14)22;1-7-5-3-2-4-6-7;1-2-4-5-3-1;;;/h8-12H,7H2,1-6H3;1-6H;1-3H,4H2;2*1H;/q;;;;;+2/p-2. The van der Waals surface area contributed by atoms with E-state index in [0.29, 0.717) is 0 Å². The molecular weight excluding hydrogens is 607 g/mol. The Morgan fingerprint density at radius 1 is 0.775 bits per heavy atom. The summed E-state index contributed by atoms with van der Waals surface area (Å²) >= 11 is -2.27. The minimum Gasteiger partial charge on any atom is -1.00 e. The maximum atomic E-state index is 2.69. The fraction of sp³-hybridized carbons (Fsp3) is 0.270. The van der Waals surface area contributed by atoms with Crippen LogP contribution in [0.3, 0.4) is 0 Å². The zero-order chi connectivity index (χ0) is 26.4. The van der Waals surface area contributed by atoms with Gasteiger partial charge in [0.1, 0.15) is 0 Å². The molecule has 3 heteroatoms. The van der Waals surface area contributed by atoms with Crippen molar-refractivity contribution in [1.82, 2.24) is 0 Å². The van der Waals surface area contributed by atoms with E-state index in [2.05, 4.69) is 124 Å². The van der Waals surface area contributed by atoms with E-state index in [4.69, 9.17) is 0 Å². The zero-order valence-corrected chi connectivity index (χ0v) is 28.2. The largest absolute Gasteiger partial charge is 1.00 e. The summed E-state index contributed by atoms with van der Waals surface area (Å²) in [6.07, 6.45) is 11.7. The van der Waals surface area contributed by atoms with Crippen molar-refractivity contribution in [3.8, 4) is 11.1 Å². The minimum absolute atomic E-state index is 0. The third kappa shape index (κ3) is 4.40. The molecule has 0 nitrogen and oxygen atoms in total. The van der Waals surface area contributed by atoms with Gasteiger partial charge in [-0.2, -0.15) is 0 Å². The first-order valence-electron chi connectivity index (χ1n) is 14.0. The fourth-order valence-corrected chi connectivity index (χ4v) is 15.3. The molecule has 0 atom stereocenters. The molecule has 4 aliphatic carbocycles. The summed E-state index contributed by atoms with van der Waals surface area (Å²) in [4.78, 5) is 0. The molecule has 0 heterocycles. The summed E-state index contributed by atoms with van der Waals surface area (Å²) in [7, 11) is 0. The van der Waals surface area contributed by atoms with Crippen molar-refractivity contribution in [3.63, 3.8) is 0 Å². The van der Waals surface area contributed by atoms with Gasteiger partial charge in [-0.3, -0.25) is 0 Å². The summed E-state index contributed by atoms with van der Waals surface area (Å²) in [6.45, 7) is 14.4. The molecule has 0 N–H and O–H groups in total. The van der Waals surface area contributed by atoms with E-state index in [-0.39, 0.29) is 35.6 Å². The number of hydrogen-bond acceptors (Lipinski definition) is 0.